The number of hydrogen-bond acceptors (Lipinski definition) is 6. The first kappa shape index (κ1) is 22.1. The molecule has 6 nitrogen and oxygen atoms in total. The van der Waals surface area contributed by atoms with Crippen LogP contribution in [0.2, 0.25) is 0 Å². The fraction of sp³-hybridized carbons (Fsp3) is 0.185. The molecular weight excluding hydrogens is 420 g/mol. The summed E-state index contributed by atoms with van der Waals surface area (Å²) >= 11 is 0. The lowest BCUT2D eigenvalue weighted by atomic mass is 10.1. The first-order valence-electron chi connectivity index (χ1n) is 10.8. The molecule has 4 aromatic rings. The Morgan fingerprint density at radius 3 is 1.39 bits per heavy atom. The lowest BCUT2D eigenvalue weighted by Crippen LogP contribution is -2.08. The van der Waals surface area contributed by atoms with Crippen LogP contribution in [0.1, 0.15) is 40.0 Å². The summed E-state index contributed by atoms with van der Waals surface area (Å²) in [6, 6.07) is 20.4. The minimum atomic E-state index is -0.388. The summed E-state index contributed by atoms with van der Waals surface area (Å²) in [6.45, 7) is 0.579. The van der Waals surface area contributed by atoms with Crippen LogP contribution in [0.15, 0.2) is 72.8 Å². The van der Waals surface area contributed by atoms with Crippen LogP contribution in [-0.4, -0.2) is 35.4 Å². The summed E-state index contributed by atoms with van der Waals surface area (Å²) in [6.07, 6.45) is 2.10. The Hall–Kier alpha value is -4.06. The van der Waals surface area contributed by atoms with E-state index in [2.05, 4.69) is 0 Å². The maximum absolute atomic E-state index is 12.2. The second-order valence-electron chi connectivity index (χ2n) is 7.82. The monoisotopic (exact) mass is 444 g/mol. The van der Waals surface area contributed by atoms with E-state index in [1.54, 1.807) is 72.8 Å². The third kappa shape index (κ3) is 5.60. The van der Waals surface area contributed by atoms with E-state index in [0.717, 1.165) is 28.0 Å². The summed E-state index contributed by atoms with van der Waals surface area (Å²) < 4.78 is 10.7. The van der Waals surface area contributed by atoms with Gasteiger partial charge in [0.05, 0.1) is 24.3 Å². The van der Waals surface area contributed by atoms with Crippen LogP contribution in [0, 0.1) is 0 Å². The first-order chi connectivity index (χ1) is 16.0. The van der Waals surface area contributed by atoms with Crippen molar-refractivity contribution in [3.8, 4) is 11.5 Å². The van der Waals surface area contributed by atoms with Crippen molar-refractivity contribution >= 4 is 33.5 Å². The van der Waals surface area contributed by atoms with Crippen molar-refractivity contribution in [3.63, 3.8) is 0 Å². The number of phenolic OH excluding ortho intramolecular Hbond substituents is 2. The van der Waals surface area contributed by atoms with Crippen molar-refractivity contribution in [2.75, 3.05) is 13.2 Å². The molecule has 6 heteroatoms. The second kappa shape index (κ2) is 10.0. The minimum Gasteiger partial charge on any atom is -0.508 e. The number of carbonyl (C=O) groups excluding carboxylic acids is 2. The van der Waals surface area contributed by atoms with Gasteiger partial charge in [-0.05, 0) is 89.3 Å². The molecule has 0 radical (unpaired) electrons. The van der Waals surface area contributed by atoms with Crippen LogP contribution in [-0.2, 0) is 9.47 Å². The Balaban J connectivity index is 1.16. The van der Waals surface area contributed by atoms with E-state index in [9.17, 15) is 19.8 Å². The van der Waals surface area contributed by atoms with Crippen LogP contribution >= 0.6 is 0 Å². The molecule has 4 rings (SSSR count). The van der Waals surface area contributed by atoms with Gasteiger partial charge in [-0.25, -0.2) is 9.59 Å². The van der Waals surface area contributed by atoms with E-state index < -0.39 is 0 Å². The molecule has 0 aromatic heterocycles. The van der Waals surface area contributed by atoms with Crippen LogP contribution in [0.5, 0.6) is 11.5 Å². The maximum Gasteiger partial charge on any atom is 0.338 e. The van der Waals surface area contributed by atoms with Gasteiger partial charge in [-0.1, -0.05) is 24.3 Å². The van der Waals surface area contributed by atoms with Gasteiger partial charge >= 0.3 is 11.9 Å². The van der Waals surface area contributed by atoms with Gasteiger partial charge in [-0.3, -0.25) is 0 Å². The third-order valence-corrected chi connectivity index (χ3v) is 5.37. The van der Waals surface area contributed by atoms with Crippen LogP contribution in [0.3, 0.4) is 0 Å². The van der Waals surface area contributed by atoms with Crippen LogP contribution in [0.25, 0.3) is 21.5 Å². The number of aromatic hydroxyl groups is 2. The summed E-state index contributed by atoms with van der Waals surface area (Å²) in [5, 5.41) is 22.5. The first-order valence-corrected chi connectivity index (χ1v) is 10.8. The predicted molar refractivity (Wildman–Crippen MR) is 126 cm³/mol. The van der Waals surface area contributed by atoms with E-state index in [4.69, 9.17) is 9.47 Å². The van der Waals surface area contributed by atoms with Crippen LogP contribution < -0.4 is 0 Å². The number of benzene rings is 4. The van der Waals surface area contributed by atoms with Gasteiger partial charge in [-0.15, -0.1) is 0 Å². The molecule has 2 N–H and O–H groups in total. The average molecular weight is 444 g/mol. The highest BCUT2D eigenvalue weighted by atomic mass is 16.5. The van der Waals surface area contributed by atoms with Crippen molar-refractivity contribution in [2.45, 2.75) is 19.3 Å². The summed E-state index contributed by atoms with van der Waals surface area (Å²) in [5.74, 6) is -0.411. The van der Waals surface area contributed by atoms with Crippen molar-refractivity contribution in [3.05, 3.63) is 83.9 Å². The lowest BCUT2D eigenvalue weighted by Gasteiger charge is -2.08. The molecule has 0 aliphatic heterocycles. The SMILES string of the molecule is O=C(OCCCCCOC(=O)c1ccc2cc(O)ccc2c1)c1ccc2cc(O)ccc2c1. The molecule has 0 saturated carbocycles. The molecule has 0 unspecified atom stereocenters. The number of carbonyl (C=O) groups is 2. The molecular formula is C27H24O6. The quantitative estimate of drug-likeness (QED) is 0.272. The molecule has 0 atom stereocenters. The van der Waals surface area contributed by atoms with Gasteiger partial charge in [-0.2, -0.15) is 0 Å². The average Bonchev–Trinajstić information content (AvgIpc) is 2.82. The van der Waals surface area contributed by atoms with E-state index in [0.29, 0.717) is 24.0 Å². The van der Waals surface area contributed by atoms with Gasteiger partial charge in [0.15, 0.2) is 0 Å². The highest BCUT2D eigenvalue weighted by Crippen LogP contribution is 2.22. The minimum absolute atomic E-state index is 0.182. The normalized spacial score (nSPS) is 10.9. The highest BCUT2D eigenvalue weighted by Gasteiger charge is 2.10. The van der Waals surface area contributed by atoms with Gasteiger partial charge in [0, 0.05) is 0 Å². The van der Waals surface area contributed by atoms with Gasteiger partial charge in [0.1, 0.15) is 11.5 Å². The molecule has 0 fully saturated rings. The fourth-order valence-corrected chi connectivity index (χ4v) is 3.60. The zero-order chi connectivity index (χ0) is 23.2. The molecule has 0 heterocycles. The van der Waals surface area contributed by atoms with Gasteiger partial charge in [0.25, 0.3) is 0 Å². The zero-order valence-corrected chi connectivity index (χ0v) is 18.0. The van der Waals surface area contributed by atoms with Crippen molar-refractivity contribution in [1.29, 1.82) is 0 Å². The number of unbranched alkanes of at least 4 members (excludes halogenated alkanes) is 2. The summed E-state index contributed by atoms with van der Waals surface area (Å²) in [7, 11) is 0. The number of esters is 2. The molecule has 168 valence electrons. The number of hydrogen-bond donors (Lipinski definition) is 2. The van der Waals surface area contributed by atoms with Gasteiger partial charge in [0.2, 0.25) is 0 Å². The number of rotatable bonds is 8. The van der Waals surface area contributed by atoms with Crippen LogP contribution in [0.4, 0.5) is 0 Å². The van der Waals surface area contributed by atoms with Crippen molar-refractivity contribution in [1.82, 2.24) is 0 Å². The predicted octanol–water partition coefficient (Wildman–Crippen LogP) is 5.59. The Kier molecular flexibility index (Phi) is 6.74. The number of ether oxygens (including phenoxy) is 2. The van der Waals surface area contributed by atoms with Crippen molar-refractivity contribution in [2.24, 2.45) is 0 Å². The molecule has 0 saturated heterocycles. The molecule has 0 aliphatic rings. The zero-order valence-electron chi connectivity index (χ0n) is 18.0. The van der Waals surface area contributed by atoms with E-state index in [1.165, 1.54) is 0 Å². The van der Waals surface area contributed by atoms with E-state index in [1.807, 2.05) is 0 Å². The van der Waals surface area contributed by atoms with Crippen molar-refractivity contribution < 1.29 is 29.3 Å². The topological polar surface area (TPSA) is 93.1 Å². The van der Waals surface area contributed by atoms with E-state index in [-0.39, 0.29) is 36.7 Å². The molecule has 0 amide bonds. The standard InChI is InChI=1S/C27H24O6/c28-24-10-8-18-14-22(6-4-20(18)16-24)26(30)32-12-2-1-3-13-33-27(31)23-7-5-21-17-25(29)11-9-19(21)15-23/h4-11,14-17,28-29H,1-3,12-13H2. The Labute approximate surface area is 191 Å². The summed E-state index contributed by atoms with van der Waals surface area (Å²) in [4.78, 5) is 24.5. The molecule has 33 heavy (non-hydrogen) atoms. The largest absolute Gasteiger partial charge is 0.508 e. The Morgan fingerprint density at radius 1 is 0.545 bits per heavy atom. The van der Waals surface area contributed by atoms with Gasteiger partial charge < -0.3 is 19.7 Å². The fourth-order valence-electron chi connectivity index (χ4n) is 3.60. The lowest BCUT2D eigenvalue weighted by molar-refractivity contribution is 0.0478. The third-order valence-electron chi connectivity index (χ3n) is 5.37. The smallest absolute Gasteiger partial charge is 0.338 e. The number of phenols is 2. The number of fused-ring (bicyclic) bond motifs is 2. The maximum atomic E-state index is 12.2. The molecule has 0 bridgehead atoms. The highest BCUT2D eigenvalue weighted by molar-refractivity contribution is 5.96. The molecule has 0 aliphatic carbocycles. The summed E-state index contributed by atoms with van der Waals surface area (Å²) in [5.41, 5.74) is 0.931. The second-order valence-corrected chi connectivity index (χ2v) is 7.82. The molecule has 0 spiro atoms. The Bertz CT molecular complexity index is 1210. The molecule has 4 aromatic carbocycles. The van der Waals surface area contributed by atoms with E-state index >= 15 is 0 Å². The Morgan fingerprint density at radius 2 is 0.939 bits per heavy atom.